The highest BCUT2D eigenvalue weighted by Gasteiger charge is 2.13. The van der Waals surface area contributed by atoms with Crippen molar-refractivity contribution in [2.24, 2.45) is 5.73 Å². The molecule has 0 saturated carbocycles. The number of nitrogens with two attached hydrogens (primary N) is 1. The molecule has 0 fully saturated rings. The first-order chi connectivity index (χ1) is 7.95. The van der Waals surface area contributed by atoms with E-state index in [1.165, 1.54) is 12.1 Å². The predicted molar refractivity (Wildman–Crippen MR) is 68.1 cm³/mol. The third kappa shape index (κ3) is 4.45. The minimum absolute atomic E-state index is 0.0118. The van der Waals surface area contributed by atoms with E-state index < -0.39 is 15.9 Å². The molecule has 0 spiro atoms. The van der Waals surface area contributed by atoms with Crippen molar-refractivity contribution >= 4 is 31.9 Å². The van der Waals surface area contributed by atoms with Gasteiger partial charge in [0.1, 0.15) is 0 Å². The van der Waals surface area contributed by atoms with E-state index in [1.54, 1.807) is 12.1 Å². The Morgan fingerprint density at radius 3 is 2.35 bits per heavy atom. The van der Waals surface area contributed by atoms with Gasteiger partial charge in [0.2, 0.25) is 15.9 Å². The van der Waals surface area contributed by atoms with Crippen LogP contribution in [0, 0.1) is 0 Å². The Balaban J connectivity index is 2.72. The fourth-order valence-electron chi connectivity index (χ4n) is 1.15. The lowest BCUT2D eigenvalue weighted by atomic mass is 10.2. The summed E-state index contributed by atoms with van der Waals surface area (Å²) in [6.45, 7) is 0.0118. The number of halogens is 1. The average molecular weight is 321 g/mol. The fourth-order valence-corrected chi connectivity index (χ4v) is 2.56. The maximum absolute atomic E-state index is 11.7. The Labute approximate surface area is 109 Å². The normalized spacial score (nSPS) is 11.4. The van der Waals surface area contributed by atoms with Crippen LogP contribution in [-0.4, -0.2) is 20.9 Å². The van der Waals surface area contributed by atoms with Gasteiger partial charge in [-0.05, 0) is 17.7 Å². The fraction of sp³-hybridized carbons (Fsp3) is 0.300. The summed E-state index contributed by atoms with van der Waals surface area (Å²) in [5.74, 6) is -0.540. The third-order valence-electron chi connectivity index (χ3n) is 2.05. The highest BCUT2D eigenvalue weighted by Crippen LogP contribution is 2.12. The first-order valence-electron chi connectivity index (χ1n) is 4.88. The molecule has 0 heterocycles. The smallest absolute Gasteiger partial charge is 0.240 e. The summed E-state index contributed by atoms with van der Waals surface area (Å²) in [4.78, 5) is 10.7. The minimum Gasteiger partial charge on any atom is -0.370 e. The molecule has 0 unspecified atom stereocenters. The van der Waals surface area contributed by atoms with E-state index in [2.05, 4.69) is 20.7 Å². The molecule has 1 rings (SSSR count). The second-order valence-electron chi connectivity index (χ2n) is 3.39. The van der Waals surface area contributed by atoms with Crippen molar-refractivity contribution in [1.29, 1.82) is 0 Å². The van der Waals surface area contributed by atoms with Crippen molar-refractivity contribution in [3.63, 3.8) is 0 Å². The summed E-state index contributed by atoms with van der Waals surface area (Å²) in [5.41, 5.74) is 5.91. The van der Waals surface area contributed by atoms with Crippen LogP contribution in [0.5, 0.6) is 0 Å². The van der Waals surface area contributed by atoms with Gasteiger partial charge in [0.05, 0.1) is 4.90 Å². The highest BCUT2D eigenvalue weighted by molar-refractivity contribution is 9.08. The molecule has 0 bridgehead atoms. The van der Waals surface area contributed by atoms with E-state index in [9.17, 15) is 13.2 Å². The quantitative estimate of drug-likeness (QED) is 0.757. The number of alkyl halides is 1. The molecule has 0 saturated heterocycles. The van der Waals surface area contributed by atoms with Crippen molar-refractivity contribution in [3.8, 4) is 0 Å². The van der Waals surface area contributed by atoms with E-state index in [1.807, 2.05) is 0 Å². The van der Waals surface area contributed by atoms with Crippen molar-refractivity contribution in [3.05, 3.63) is 29.8 Å². The van der Waals surface area contributed by atoms with Gasteiger partial charge in [-0.25, -0.2) is 13.1 Å². The summed E-state index contributed by atoms with van der Waals surface area (Å²) < 4.78 is 25.8. The molecule has 0 aromatic heterocycles. The van der Waals surface area contributed by atoms with E-state index in [-0.39, 0.29) is 17.9 Å². The number of nitrogens with one attached hydrogen (secondary N) is 1. The van der Waals surface area contributed by atoms with Crippen molar-refractivity contribution < 1.29 is 13.2 Å². The molecule has 0 aliphatic rings. The number of hydrogen-bond donors (Lipinski definition) is 2. The first-order valence-corrected chi connectivity index (χ1v) is 7.49. The Morgan fingerprint density at radius 1 is 1.29 bits per heavy atom. The zero-order valence-electron chi connectivity index (χ0n) is 9.02. The first kappa shape index (κ1) is 14.1. The van der Waals surface area contributed by atoms with E-state index in [4.69, 9.17) is 5.73 Å². The van der Waals surface area contributed by atoms with Gasteiger partial charge in [0.15, 0.2) is 0 Å². The number of benzene rings is 1. The number of rotatable bonds is 6. The molecule has 17 heavy (non-hydrogen) atoms. The lowest BCUT2D eigenvalue weighted by molar-refractivity contribution is -0.117. The molecule has 0 radical (unpaired) electrons. The maximum Gasteiger partial charge on any atom is 0.240 e. The lowest BCUT2D eigenvalue weighted by Crippen LogP contribution is -2.28. The Bertz CT molecular complexity index is 485. The molecule has 7 heteroatoms. The van der Waals surface area contributed by atoms with Crippen LogP contribution < -0.4 is 10.5 Å². The predicted octanol–water partition coefficient (Wildman–Crippen LogP) is 0.735. The number of carbonyl (C=O) groups excluding carboxylic acids is 1. The molecular formula is C10H13BrN2O3S. The summed E-state index contributed by atoms with van der Waals surface area (Å²) in [7, 11) is -3.55. The van der Waals surface area contributed by atoms with Crippen LogP contribution in [0.25, 0.3) is 0 Å². The number of amides is 1. The van der Waals surface area contributed by atoms with Gasteiger partial charge in [-0.3, -0.25) is 4.79 Å². The second-order valence-corrected chi connectivity index (χ2v) is 5.72. The summed E-state index contributed by atoms with van der Waals surface area (Å²) in [6.07, 6.45) is -0.0152. The van der Waals surface area contributed by atoms with E-state index in [0.29, 0.717) is 5.33 Å². The number of sulfonamides is 1. The molecule has 5 nitrogen and oxygen atoms in total. The van der Waals surface area contributed by atoms with Gasteiger partial charge in [-0.15, -0.1) is 0 Å². The van der Waals surface area contributed by atoms with Gasteiger partial charge in [-0.1, -0.05) is 28.1 Å². The highest BCUT2D eigenvalue weighted by atomic mass is 79.9. The van der Waals surface area contributed by atoms with Gasteiger partial charge >= 0.3 is 0 Å². The summed E-state index contributed by atoms with van der Waals surface area (Å²) in [6, 6.07) is 6.47. The van der Waals surface area contributed by atoms with Crippen LogP contribution in [0.4, 0.5) is 0 Å². The zero-order valence-corrected chi connectivity index (χ0v) is 11.4. The van der Waals surface area contributed by atoms with Gasteiger partial charge in [0.25, 0.3) is 0 Å². The molecular weight excluding hydrogens is 308 g/mol. The van der Waals surface area contributed by atoms with Crippen LogP contribution in [0.15, 0.2) is 29.2 Å². The number of hydrogen-bond acceptors (Lipinski definition) is 3. The molecule has 0 aliphatic heterocycles. The topological polar surface area (TPSA) is 89.3 Å². The van der Waals surface area contributed by atoms with Gasteiger partial charge in [-0.2, -0.15) is 0 Å². The molecule has 1 aromatic rings. The summed E-state index contributed by atoms with van der Waals surface area (Å²) >= 11 is 3.27. The Hall–Kier alpha value is -0.920. The molecule has 1 amide bonds. The van der Waals surface area contributed by atoms with E-state index >= 15 is 0 Å². The summed E-state index contributed by atoms with van der Waals surface area (Å²) in [5, 5.41) is 0.669. The molecule has 94 valence electrons. The molecule has 0 aliphatic carbocycles. The van der Waals surface area contributed by atoms with Crippen LogP contribution in [-0.2, 0) is 20.1 Å². The standard InChI is InChI=1S/C10H13BrN2O3S/c11-7-8-1-3-9(4-2-8)17(15,16)13-6-5-10(12)14/h1-4,13H,5-7H2,(H2,12,14). The minimum atomic E-state index is -3.55. The maximum atomic E-state index is 11.7. The molecule has 0 atom stereocenters. The zero-order chi connectivity index (χ0) is 12.9. The van der Waals surface area contributed by atoms with Gasteiger partial charge in [0, 0.05) is 18.3 Å². The van der Waals surface area contributed by atoms with Gasteiger partial charge < -0.3 is 5.73 Å². The Kier molecular flexibility index (Phi) is 5.10. The largest absolute Gasteiger partial charge is 0.370 e. The van der Waals surface area contributed by atoms with Crippen LogP contribution in [0.3, 0.4) is 0 Å². The van der Waals surface area contributed by atoms with Crippen molar-refractivity contribution in [2.75, 3.05) is 6.54 Å². The number of primary amides is 1. The monoisotopic (exact) mass is 320 g/mol. The van der Waals surface area contributed by atoms with Crippen molar-refractivity contribution in [2.45, 2.75) is 16.6 Å². The van der Waals surface area contributed by atoms with Crippen LogP contribution >= 0.6 is 15.9 Å². The molecule has 1 aromatic carbocycles. The lowest BCUT2D eigenvalue weighted by Gasteiger charge is -2.06. The second kappa shape index (κ2) is 6.13. The average Bonchev–Trinajstić information content (AvgIpc) is 2.28. The van der Waals surface area contributed by atoms with Crippen LogP contribution in [0.2, 0.25) is 0 Å². The molecule has 3 N–H and O–H groups in total. The SMILES string of the molecule is NC(=O)CCNS(=O)(=O)c1ccc(CBr)cc1. The van der Waals surface area contributed by atoms with Crippen molar-refractivity contribution in [1.82, 2.24) is 4.72 Å². The van der Waals surface area contributed by atoms with Crippen LogP contribution in [0.1, 0.15) is 12.0 Å². The van der Waals surface area contributed by atoms with E-state index in [0.717, 1.165) is 5.56 Å². The third-order valence-corrected chi connectivity index (χ3v) is 4.18. The number of carbonyl (C=O) groups is 1. The Morgan fingerprint density at radius 2 is 1.88 bits per heavy atom.